The molecule has 0 aliphatic carbocycles. The first-order chi connectivity index (χ1) is 8.30. The first-order valence-corrected chi connectivity index (χ1v) is 6.38. The second-order valence-corrected chi connectivity index (χ2v) is 6.00. The number of imidazole rings is 1. The quantitative estimate of drug-likeness (QED) is 0.870. The number of rotatable bonds is 1. The van der Waals surface area contributed by atoms with Crippen LogP contribution in [0.15, 0.2) is 29.0 Å². The van der Waals surface area contributed by atoms with Gasteiger partial charge in [0, 0.05) is 11.1 Å². The summed E-state index contributed by atoms with van der Waals surface area (Å²) in [4.78, 5) is 4.32. The van der Waals surface area contributed by atoms with Crippen LogP contribution < -0.4 is 5.73 Å². The number of nitrogens with zero attached hydrogens (tertiary/aromatic N) is 2. The molecule has 0 saturated heterocycles. The molecule has 2 rings (SSSR count). The van der Waals surface area contributed by atoms with E-state index in [9.17, 15) is 4.39 Å². The van der Waals surface area contributed by atoms with Gasteiger partial charge in [-0.2, -0.15) is 0 Å². The summed E-state index contributed by atoms with van der Waals surface area (Å²) in [5, 5.41) is 0. The molecule has 3 nitrogen and oxygen atoms in total. The van der Waals surface area contributed by atoms with Crippen molar-refractivity contribution in [3.8, 4) is 11.3 Å². The molecule has 0 saturated carbocycles. The van der Waals surface area contributed by atoms with Crippen molar-refractivity contribution in [3.63, 3.8) is 0 Å². The normalized spacial score (nSPS) is 11.8. The lowest BCUT2D eigenvalue weighted by Crippen LogP contribution is -2.22. The summed E-state index contributed by atoms with van der Waals surface area (Å²) in [6, 6.07) is 4.75. The van der Waals surface area contributed by atoms with Gasteiger partial charge in [0.2, 0.25) is 0 Å². The van der Waals surface area contributed by atoms with E-state index in [1.807, 2.05) is 4.57 Å². The molecule has 0 spiro atoms. The highest BCUT2D eigenvalue weighted by atomic mass is 79.9. The molecule has 1 aromatic carbocycles. The molecule has 2 aromatic rings. The van der Waals surface area contributed by atoms with Gasteiger partial charge >= 0.3 is 0 Å². The molecule has 0 amide bonds. The van der Waals surface area contributed by atoms with Crippen molar-refractivity contribution in [3.05, 3.63) is 34.8 Å². The lowest BCUT2D eigenvalue weighted by Gasteiger charge is -2.22. The van der Waals surface area contributed by atoms with Gasteiger partial charge < -0.3 is 10.3 Å². The predicted molar refractivity (Wildman–Crippen MR) is 74.7 cm³/mol. The van der Waals surface area contributed by atoms with E-state index in [0.29, 0.717) is 16.0 Å². The lowest BCUT2D eigenvalue weighted by atomic mass is 10.1. The average Bonchev–Trinajstić information content (AvgIpc) is 2.64. The van der Waals surface area contributed by atoms with Crippen LogP contribution in [0.1, 0.15) is 20.8 Å². The van der Waals surface area contributed by atoms with Gasteiger partial charge in [0.05, 0.1) is 10.8 Å². The van der Waals surface area contributed by atoms with E-state index in [4.69, 9.17) is 5.73 Å². The highest BCUT2D eigenvalue weighted by molar-refractivity contribution is 9.10. The molecule has 96 valence electrons. The van der Waals surface area contributed by atoms with Crippen LogP contribution in [0.3, 0.4) is 0 Å². The number of benzene rings is 1. The molecule has 5 heteroatoms. The van der Waals surface area contributed by atoms with Gasteiger partial charge in [-0.1, -0.05) is 0 Å². The SMILES string of the molecule is CC(C)(C)n1cnc(-c2ccc(F)c(Br)c2)c1N. The van der Waals surface area contributed by atoms with E-state index >= 15 is 0 Å². The summed E-state index contributed by atoms with van der Waals surface area (Å²) in [5.74, 6) is 0.286. The molecule has 0 radical (unpaired) electrons. The van der Waals surface area contributed by atoms with Crippen LogP contribution in [0.5, 0.6) is 0 Å². The molecule has 0 bridgehead atoms. The second kappa shape index (κ2) is 4.39. The predicted octanol–water partition coefficient (Wildman–Crippen LogP) is 3.79. The van der Waals surface area contributed by atoms with Gasteiger partial charge in [-0.3, -0.25) is 0 Å². The summed E-state index contributed by atoms with van der Waals surface area (Å²) < 4.78 is 15.5. The van der Waals surface area contributed by atoms with E-state index < -0.39 is 0 Å². The zero-order valence-electron chi connectivity index (χ0n) is 10.5. The lowest BCUT2D eigenvalue weighted by molar-refractivity contribution is 0.402. The van der Waals surface area contributed by atoms with E-state index in [2.05, 4.69) is 41.7 Å². The summed E-state index contributed by atoms with van der Waals surface area (Å²) in [6.45, 7) is 6.15. The standard InChI is InChI=1S/C13H15BrFN3/c1-13(2,3)18-7-17-11(12(18)16)8-4-5-10(15)9(14)6-8/h4-7H,16H2,1-3H3. The maximum absolute atomic E-state index is 13.2. The Balaban J connectivity index is 2.52. The zero-order valence-corrected chi connectivity index (χ0v) is 12.1. The fraction of sp³-hybridized carbons (Fsp3) is 0.308. The largest absolute Gasteiger partial charge is 0.383 e. The minimum Gasteiger partial charge on any atom is -0.383 e. The smallest absolute Gasteiger partial charge is 0.137 e. The van der Waals surface area contributed by atoms with Gasteiger partial charge in [0.15, 0.2) is 0 Å². The Bertz CT molecular complexity index is 584. The summed E-state index contributed by atoms with van der Waals surface area (Å²) in [5.41, 5.74) is 7.44. The molecule has 0 fully saturated rings. The maximum atomic E-state index is 13.2. The van der Waals surface area contributed by atoms with Crippen molar-refractivity contribution in [1.82, 2.24) is 9.55 Å². The summed E-state index contributed by atoms with van der Waals surface area (Å²) in [7, 11) is 0. The Hall–Kier alpha value is -1.36. The fourth-order valence-corrected chi connectivity index (χ4v) is 2.14. The zero-order chi connectivity index (χ0) is 13.5. The molecular weight excluding hydrogens is 297 g/mol. The van der Waals surface area contributed by atoms with Crippen molar-refractivity contribution in [2.75, 3.05) is 5.73 Å². The maximum Gasteiger partial charge on any atom is 0.137 e. The molecule has 0 unspecified atom stereocenters. The number of hydrogen-bond donors (Lipinski definition) is 1. The number of anilines is 1. The number of hydrogen-bond acceptors (Lipinski definition) is 2. The van der Waals surface area contributed by atoms with Crippen LogP contribution >= 0.6 is 15.9 Å². The Morgan fingerprint density at radius 3 is 2.50 bits per heavy atom. The Morgan fingerprint density at radius 2 is 2.00 bits per heavy atom. The minimum absolute atomic E-state index is 0.132. The number of nitrogen functional groups attached to an aromatic ring is 1. The van der Waals surface area contributed by atoms with Crippen LogP contribution in [-0.4, -0.2) is 9.55 Å². The highest BCUT2D eigenvalue weighted by Crippen LogP contribution is 2.30. The molecule has 2 N–H and O–H groups in total. The third-order valence-corrected chi connectivity index (χ3v) is 3.33. The average molecular weight is 312 g/mol. The minimum atomic E-state index is -0.299. The summed E-state index contributed by atoms with van der Waals surface area (Å²) in [6.07, 6.45) is 1.71. The molecule has 18 heavy (non-hydrogen) atoms. The van der Waals surface area contributed by atoms with Crippen LogP contribution in [0.25, 0.3) is 11.3 Å². The molecule has 1 aromatic heterocycles. The van der Waals surface area contributed by atoms with E-state index in [1.54, 1.807) is 18.5 Å². The third kappa shape index (κ3) is 2.27. The third-order valence-electron chi connectivity index (χ3n) is 2.72. The van der Waals surface area contributed by atoms with Gasteiger partial charge in [-0.05, 0) is 54.9 Å². The van der Waals surface area contributed by atoms with Crippen molar-refractivity contribution < 1.29 is 4.39 Å². The van der Waals surface area contributed by atoms with Crippen molar-refractivity contribution in [2.45, 2.75) is 26.3 Å². The first-order valence-electron chi connectivity index (χ1n) is 5.59. The van der Waals surface area contributed by atoms with Crippen molar-refractivity contribution in [2.24, 2.45) is 0 Å². The molecule has 0 atom stereocenters. The topological polar surface area (TPSA) is 43.8 Å². The molecule has 1 heterocycles. The number of aromatic nitrogens is 2. The number of nitrogens with two attached hydrogens (primary N) is 1. The Morgan fingerprint density at radius 1 is 1.33 bits per heavy atom. The van der Waals surface area contributed by atoms with Crippen LogP contribution in [-0.2, 0) is 5.54 Å². The van der Waals surface area contributed by atoms with Gasteiger partial charge in [-0.15, -0.1) is 0 Å². The van der Waals surface area contributed by atoms with Crippen LogP contribution in [0.4, 0.5) is 10.2 Å². The molecule has 0 aliphatic rings. The molecule has 0 aliphatic heterocycles. The van der Waals surface area contributed by atoms with Gasteiger partial charge in [-0.25, -0.2) is 9.37 Å². The van der Waals surface area contributed by atoms with E-state index in [1.165, 1.54) is 6.07 Å². The van der Waals surface area contributed by atoms with E-state index in [-0.39, 0.29) is 11.4 Å². The second-order valence-electron chi connectivity index (χ2n) is 5.15. The summed E-state index contributed by atoms with van der Waals surface area (Å²) >= 11 is 3.16. The number of halogens is 2. The Labute approximate surface area is 114 Å². The van der Waals surface area contributed by atoms with Crippen molar-refractivity contribution in [1.29, 1.82) is 0 Å². The first kappa shape index (κ1) is 13.1. The monoisotopic (exact) mass is 311 g/mol. The van der Waals surface area contributed by atoms with Crippen LogP contribution in [0.2, 0.25) is 0 Å². The fourth-order valence-electron chi connectivity index (χ4n) is 1.76. The van der Waals surface area contributed by atoms with Gasteiger partial charge in [0.1, 0.15) is 17.3 Å². The highest BCUT2D eigenvalue weighted by Gasteiger charge is 2.19. The van der Waals surface area contributed by atoms with E-state index in [0.717, 1.165) is 5.56 Å². The van der Waals surface area contributed by atoms with Gasteiger partial charge in [0.25, 0.3) is 0 Å². The Kier molecular flexibility index (Phi) is 3.19. The van der Waals surface area contributed by atoms with Crippen LogP contribution in [0, 0.1) is 5.82 Å². The van der Waals surface area contributed by atoms with Crippen molar-refractivity contribution >= 4 is 21.7 Å². The molecular formula is C13H15BrFN3.